The summed E-state index contributed by atoms with van der Waals surface area (Å²) in [5.41, 5.74) is 5.52. The van der Waals surface area contributed by atoms with E-state index in [9.17, 15) is 24.9 Å². The molecular formula is C50H63N7O7S2. The number of amides is 2. The van der Waals surface area contributed by atoms with Gasteiger partial charge in [-0.1, -0.05) is 61.1 Å². The SMILES string of the molecule is CCC1(O)CC2CN(CCc3c([nH]c4ccccc34)[C@@](C)(c3cc4c(cc3OC)N(C)[C@H]3[C@](O)(C(=O)NNC(=O)OCCSSc5ccccn5)[C@H](O)[C@]5(CC)C=CCN6CC[C@]43[C@@H]65)C2)C1. The second-order valence-corrected chi connectivity index (χ2v) is 22.3. The maximum Gasteiger partial charge on any atom is 0.426 e. The quantitative estimate of drug-likeness (QED) is 0.0496. The molecule has 3 fully saturated rings. The fourth-order valence-corrected chi connectivity index (χ4v) is 15.5. The van der Waals surface area contributed by atoms with Crippen LogP contribution in [0.4, 0.5) is 10.5 Å². The Bertz CT molecular complexity index is 2550. The zero-order valence-electron chi connectivity index (χ0n) is 38.5. The Kier molecular flexibility index (Phi) is 11.7. The Labute approximate surface area is 394 Å². The summed E-state index contributed by atoms with van der Waals surface area (Å²) in [5.74, 6) is 0.435. The molecule has 7 heterocycles. The summed E-state index contributed by atoms with van der Waals surface area (Å²) in [6.45, 7) is 10.3. The molecule has 6 aliphatic rings. The molecule has 10 atom stereocenters. The van der Waals surface area contributed by atoms with Gasteiger partial charge in [0, 0.05) is 101 Å². The van der Waals surface area contributed by atoms with Crippen molar-refractivity contribution in [1.29, 1.82) is 0 Å². The summed E-state index contributed by atoms with van der Waals surface area (Å²) in [4.78, 5) is 43.0. The summed E-state index contributed by atoms with van der Waals surface area (Å²) in [6, 6.07) is 17.4. The number of hydrazine groups is 1. The molecule has 1 saturated carbocycles. The first-order valence-electron chi connectivity index (χ1n) is 23.5. The van der Waals surface area contributed by atoms with Crippen molar-refractivity contribution in [2.24, 2.45) is 11.3 Å². The van der Waals surface area contributed by atoms with Crippen molar-refractivity contribution >= 4 is 50.2 Å². The molecule has 6 N–H and O–H groups in total. The minimum atomic E-state index is -2.41. The van der Waals surface area contributed by atoms with Crippen molar-refractivity contribution in [3.05, 3.63) is 95.3 Å². The molecule has 1 aliphatic carbocycles. The lowest BCUT2D eigenvalue weighted by Gasteiger charge is -2.63. The van der Waals surface area contributed by atoms with Crippen LogP contribution in [0.15, 0.2) is 78.0 Å². The van der Waals surface area contributed by atoms with Gasteiger partial charge in [0.1, 0.15) is 23.5 Å². The van der Waals surface area contributed by atoms with Crippen LogP contribution in [0.3, 0.4) is 0 Å². The second kappa shape index (κ2) is 17.0. The number of likely N-dealkylation sites (N-methyl/N-ethyl adjacent to an activating group) is 1. The number of aliphatic hydroxyl groups is 3. The Balaban J connectivity index is 1.05. The van der Waals surface area contributed by atoms with Crippen molar-refractivity contribution < 1.29 is 34.4 Å². The number of aromatic nitrogens is 2. The molecule has 2 aromatic heterocycles. The minimum Gasteiger partial charge on any atom is -0.496 e. The van der Waals surface area contributed by atoms with Gasteiger partial charge >= 0.3 is 6.09 Å². The number of pyridine rings is 1. The lowest BCUT2D eigenvalue weighted by molar-refractivity contribution is -0.204. The van der Waals surface area contributed by atoms with Gasteiger partial charge in [0.25, 0.3) is 5.91 Å². The van der Waals surface area contributed by atoms with Gasteiger partial charge in [-0.15, -0.1) is 0 Å². The number of nitrogens with one attached hydrogen (secondary N) is 3. The fraction of sp³-hybridized carbons (Fsp3) is 0.540. The molecule has 1 spiro atoms. The Morgan fingerprint density at radius 1 is 1.02 bits per heavy atom. The van der Waals surface area contributed by atoms with Gasteiger partial charge in [0.05, 0.1) is 18.8 Å². The molecule has 2 amide bonds. The molecule has 352 valence electrons. The van der Waals surface area contributed by atoms with E-state index in [-0.39, 0.29) is 18.6 Å². The van der Waals surface area contributed by atoms with Crippen LogP contribution in [0.1, 0.15) is 75.3 Å². The van der Waals surface area contributed by atoms with Crippen LogP contribution < -0.4 is 20.5 Å². The average molecular weight is 938 g/mol. The normalized spacial score (nSPS) is 34.3. The lowest BCUT2D eigenvalue weighted by Crippen LogP contribution is -2.82. The van der Waals surface area contributed by atoms with Crippen LogP contribution in [-0.2, 0) is 26.8 Å². The summed E-state index contributed by atoms with van der Waals surface area (Å²) >= 11 is 0. The van der Waals surface area contributed by atoms with Crippen molar-refractivity contribution in [2.45, 2.75) is 105 Å². The Morgan fingerprint density at radius 3 is 2.61 bits per heavy atom. The van der Waals surface area contributed by atoms with Crippen LogP contribution in [0.25, 0.3) is 10.9 Å². The van der Waals surface area contributed by atoms with Gasteiger partial charge in [0.2, 0.25) is 0 Å². The monoisotopic (exact) mass is 937 g/mol. The number of methoxy groups -OCH3 is 1. The summed E-state index contributed by atoms with van der Waals surface area (Å²) < 4.78 is 11.9. The number of hydrogen-bond acceptors (Lipinski definition) is 13. The molecular weight excluding hydrogens is 875 g/mol. The summed E-state index contributed by atoms with van der Waals surface area (Å²) in [7, 11) is 6.56. The Morgan fingerprint density at radius 2 is 1.83 bits per heavy atom. The van der Waals surface area contributed by atoms with E-state index < -0.39 is 51.6 Å². The third-order valence-corrected chi connectivity index (χ3v) is 18.7. The number of aliphatic hydroxyl groups excluding tert-OH is 1. The van der Waals surface area contributed by atoms with Crippen molar-refractivity contribution in [3.8, 4) is 5.75 Å². The van der Waals surface area contributed by atoms with Crippen LogP contribution in [0.2, 0.25) is 0 Å². The number of piperidine rings is 1. The van der Waals surface area contributed by atoms with Gasteiger partial charge in [-0.3, -0.25) is 20.0 Å². The minimum absolute atomic E-state index is 0.0751. The Hall–Kier alpha value is -4.29. The smallest absolute Gasteiger partial charge is 0.426 e. The third kappa shape index (κ3) is 6.90. The number of benzene rings is 2. The highest BCUT2D eigenvalue weighted by Gasteiger charge is 2.78. The summed E-state index contributed by atoms with van der Waals surface area (Å²) in [5, 5.41) is 40.2. The highest BCUT2D eigenvalue weighted by Crippen LogP contribution is 2.67. The number of fused-ring (bicyclic) bond motifs is 6. The van der Waals surface area contributed by atoms with E-state index in [0.717, 1.165) is 59.0 Å². The van der Waals surface area contributed by atoms with Gasteiger partial charge in [-0.2, -0.15) is 0 Å². The number of carbonyl (C=O) groups is 2. The number of para-hydroxylation sites is 1. The highest BCUT2D eigenvalue weighted by molar-refractivity contribution is 8.76. The number of carbonyl (C=O) groups excluding carboxylic acids is 2. The molecule has 2 bridgehead atoms. The number of H-pyrrole nitrogens is 1. The van der Waals surface area contributed by atoms with Gasteiger partial charge in [-0.05, 0) is 104 Å². The molecule has 0 radical (unpaired) electrons. The van der Waals surface area contributed by atoms with E-state index >= 15 is 0 Å². The molecule has 5 aliphatic heterocycles. The summed E-state index contributed by atoms with van der Waals surface area (Å²) in [6.07, 6.45) is 7.41. The zero-order chi connectivity index (χ0) is 46.2. The van der Waals surface area contributed by atoms with Crippen LogP contribution in [0.5, 0.6) is 5.75 Å². The topological polar surface area (TPSA) is 176 Å². The first-order valence-corrected chi connectivity index (χ1v) is 25.8. The van der Waals surface area contributed by atoms with Gasteiger partial charge < -0.3 is 34.7 Å². The predicted octanol–water partition coefficient (Wildman–Crippen LogP) is 5.69. The molecule has 10 rings (SSSR count). The first kappa shape index (κ1) is 45.5. The number of hydrogen-bond donors (Lipinski definition) is 6. The lowest BCUT2D eigenvalue weighted by atomic mass is 9.47. The van der Waals surface area contributed by atoms with E-state index in [2.05, 4.69) is 86.9 Å². The van der Waals surface area contributed by atoms with E-state index in [1.54, 1.807) is 13.3 Å². The van der Waals surface area contributed by atoms with Crippen LogP contribution in [0, 0.1) is 11.3 Å². The van der Waals surface area contributed by atoms with E-state index in [1.807, 2.05) is 43.1 Å². The second-order valence-electron chi connectivity index (χ2n) is 19.8. The van der Waals surface area contributed by atoms with Gasteiger partial charge in [0.15, 0.2) is 5.60 Å². The van der Waals surface area contributed by atoms with E-state index in [1.165, 1.54) is 32.5 Å². The van der Waals surface area contributed by atoms with Crippen molar-refractivity contribution in [1.82, 2.24) is 30.6 Å². The third-order valence-electron chi connectivity index (χ3n) is 16.5. The molecule has 66 heavy (non-hydrogen) atoms. The molecule has 3 unspecified atom stereocenters. The number of nitrogens with zero attached hydrogens (tertiary/aromatic N) is 4. The first-order chi connectivity index (χ1) is 31.8. The number of ether oxygens (including phenoxy) is 2. The molecule has 2 aromatic carbocycles. The molecule has 4 aromatic rings. The van der Waals surface area contributed by atoms with E-state index in [4.69, 9.17) is 9.47 Å². The number of rotatable bonds is 10. The highest BCUT2D eigenvalue weighted by atomic mass is 33.1. The maximum atomic E-state index is 14.9. The van der Waals surface area contributed by atoms with E-state index in [0.29, 0.717) is 56.8 Å². The fourth-order valence-electron chi connectivity index (χ4n) is 13.8. The average Bonchev–Trinajstić information content (AvgIpc) is 3.99. The van der Waals surface area contributed by atoms with Crippen LogP contribution >= 0.6 is 21.6 Å². The van der Waals surface area contributed by atoms with Gasteiger partial charge in [-0.25, -0.2) is 15.2 Å². The molecule has 2 saturated heterocycles. The van der Waals surface area contributed by atoms with Crippen LogP contribution in [-0.4, -0.2) is 136 Å². The zero-order valence-corrected chi connectivity index (χ0v) is 40.1. The molecule has 14 nitrogen and oxygen atoms in total. The standard InChI is InChI=1S/C50H63N7O7S2/c1-6-47(61)28-31-27-46(3,40-33(16-21-56(29-31)30-47)32-13-8-9-14-36(32)52-40)35-25-34-37(26-38(35)63-5)55(4)42-49(34)18-22-57-20-12-17-48(7-2,41(49)57)43(58)50(42,62)44(59)53-54-45(60)64-23-24-65-66-39-15-10-11-19-51-39/h8-15,17,19,25-26,31,41-43,52,58,61-62H,6-7,16,18,20-24,27-30H2,1-5H3,(H,53,59)(H,54,60)/t31?,41-,42+,43+,46+,47?,48+,49+,50+/m0/s1. The van der Waals surface area contributed by atoms with Crippen molar-refractivity contribution in [3.63, 3.8) is 0 Å². The number of anilines is 1. The van der Waals surface area contributed by atoms with Crippen molar-refractivity contribution in [2.75, 3.05) is 64.1 Å². The maximum absolute atomic E-state index is 14.9. The largest absolute Gasteiger partial charge is 0.496 e. The number of aromatic amines is 1. The predicted molar refractivity (Wildman–Crippen MR) is 258 cm³/mol. The molecule has 16 heteroatoms.